The summed E-state index contributed by atoms with van der Waals surface area (Å²) >= 11 is 0. The minimum absolute atomic E-state index is 0.197. The molecule has 0 unspecified atom stereocenters. The highest BCUT2D eigenvalue weighted by Crippen LogP contribution is 2.17. The maximum atomic E-state index is 5.73. The van der Waals surface area contributed by atoms with Gasteiger partial charge in [-0.15, -0.1) is 0 Å². The lowest BCUT2D eigenvalue weighted by atomic mass is 10.2. The van der Waals surface area contributed by atoms with Gasteiger partial charge in [0.25, 0.3) is 0 Å². The van der Waals surface area contributed by atoms with Crippen molar-refractivity contribution >= 4 is 0 Å². The summed E-state index contributed by atoms with van der Waals surface area (Å²) < 4.78 is 5.73. The standard InChI is InChI=1S/C14H24N2O/c1-10(2)15-9-12-7-8-13(16-11(12)3)17-14(4,5)6/h7-8,10,15H,9H2,1-6H3. The molecule has 0 saturated carbocycles. The van der Waals surface area contributed by atoms with E-state index >= 15 is 0 Å². The van der Waals surface area contributed by atoms with Crippen LogP contribution in [0, 0.1) is 6.92 Å². The summed E-state index contributed by atoms with van der Waals surface area (Å²) in [7, 11) is 0. The van der Waals surface area contributed by atoms with Gasteiger partial charge >= 0.3 is 0 Å². The van der Waals surface area contributed by atoms with E-state index in [0.29, 0.717) is 11.9 Å². The maximum absolute atomic E-state index is 5.73. The highest BCUT2D eigenvalue weighted by Gasteiger charge is 2.13. The molecule has 0 aliphatic rings. The first-order valence-corrected chi connectivity index (χ1v) is 6.17. The molecule has 1 N–H and O–H groups in total. The predicted molar refractivity (Wildman–Crippen MR) is 71.3 cm³/mol. The molecule has 17 heavy (non-hydrogen) atoms. The zero-order chi connectivity index (χ0) is 13.1. The van der Waals surface area contributed by atoms with E-state index in [4.69, 9.17) is 4.74 Å². The van der Waals surface area contributed by atoms with Crippen molar-refractivity contribution < 1.29 is 4.74 Å². The molecule has 0 saturated heterocycles. The van der Waals surface area contributed by atoms with Gasteiger partial charge in [0.2, 0.25) is 5.88 Å². The van der Waals surface area contributed by atoms with E-state index in [9.17, 15) is 0 Å². The molecule has 3 heteroatoms. The lowest BCUT2D eigenvalue weighted by Gasteiger charge is -2.21. The van der Waals surface area contributed by atoms with Crippen LogP contribution in [0.5, 0.6) is 5.88 Å². The van der Waals surface area contributed by atoms with Gasteiger partial charge in [0.15, 0.2) is 0 Å². The van der Waals surface area contributed by atoms with Gasteiger partial charge in [-0.25, -0.2) is 4.98 Å². The van der Waals surface area contributed by atoms with Gasteiger partial charge in [-0.3, -0.25) is 0 Å². The zero-order valence-corrected chi connectivity index (χ0v) is 11.8. The molecular formula is C14H24N2O. The summed E-state index contributed by atoms with van der Waals surface area (Å²) in [5.41, 5.74) is 2.05. The van der Waals surface area contributed by atoms with Crippen molar-refractivity contribution in [2.45, 2.75) is 59.7 Å². The van der Waals surface area contributed by atoms with Crippen LogP contribution >= 0.6 is 0 Å². The molecule has 0 aliphatic heterocycles. The Morgan fingerprint density at radius 3 is 2.41 bits per heavy atom. The Morgan fingerprint density at radius 2 is 1.94 bits per heavy atom. The third kappa shape index (κ3) is 5.18. The number of hydrogen-bond acceptors (Lipinski definition) is 3. The number of hydrogen-bond donors (Lipinski definition) is 1. The SMILES string of the molecule is Cc1nc(OC(C)(C)C)ccc1CNC(C)C. The van der Waals surface area contributed by atoms with Gasteiger partial charge in [-0.1, -0.05) is 19.9 Å². The van der Waals surface area contributed by atoms with Crippen molar-refractivity contribution in [2.75, 3.05) is 0 Å². The van der Waals surface area contributed by atoms with Crippen LogP contribution in [0.15, 0.2) is 12.1 Å². The Kier molecular flexibility index (Phi) is 4.52. The van der Waals surface area contributed by atoms with Crippen LogP contribution in [-0.4, -0.2) is 16.6 Å². The summed E-state index contributed by atoms with van der Waals surface area (Å²) in [6.07, 6.45) is 0. The molecule has 0 atom stereocenters. The monoisotopic (exact) mass is 236 g/mol. The average molecular weight is 236 g/mol. The van der Waals surface area contributed by atoms with Gasteiger partial charge in [0.05, 0.1) is 0 Å². The van der Waals surface area contributed by atoms with E-state index in [0.717, 1.165) is 12.2 Å². The van der Waals surface area contributed by atoms with E-state index < -0.39 is 0 Å². The molecule has 0 spiro atoms. The van der Waals surface area contributed by atoms with Crippen LogP contribution in [-0.2, 0) is 6.54 Å². The Hall–Kier alpha value is -1.09. The predicted octanol–water partition coefficient (Wildman–Crippen LogP) is 3.07. The molecule has 96 valence electrons. The molecule has 1 heterocycles. The number of aryl methyl sites for hydroxylation is 1. The lowest BCUT2D eigenvalue weighted by molar-refractivity contribution is 0.124. The second-order valence-corrected chi connectivity index (χ2v) is 5.64. The molecule has 0 amide bonds. The van der Waals surface area contributed by atoms with Gasteiger partial charge in [0.1, 0.15) is 5.60 Å². The second-order valence-electron chi connectivity index (χ2n) is 5.64. The Morgan fingerprint density at radius 1 is 1.29 bits per heavy atom. The summed E-state index contributed by atoms with van der Waals surface area (Å²) in [5, 5.41) is 3.39. The van der Waals surface area contributed by atoms with Crippen LogP contribution in [0.1, 0.15) is 45.9 Å². The third-order valence-electron chi connectivity index (χ3n) is 2.28. The van der Waals surface area contributed by atoms with Crippen LogP contribution in [0.2, 0.25) is 0 Å². The Bertz CT molecular complexity index is 367. The molecule has 0 bridgehead atoms. The highest BCUT2D eigenvalue weighted by molar-refractivity contribution is 5.25. The summed E-state index contributed by atoms with van der Waals surface area (Å²) in [6.45, 7) is 13.2. The van der Waals surface area contributed by atoms with Crippen molar-refractivity contribution in [1.29, 1.82) is 0 Å². The fourth-order valence-electron chi connectivity index (χ4n) is 1.44. The van der Waals surface area contributed by atoms with E-state index in [1.165, 1.54) is 5.56 Å². The molecule has 1 rings (SSSR count). The summed E-state index contributed by atoms with van der Waals surface area (Å²) in [6, 6.07) is 4.51. The van der Waals surface area contributed by atoms with E-state index in [-0.39, 0.29) is 5.60 Å². The van der Waals surface area contributed by atoms with Crippen LogP contribution in [0.3, 0.4) is 0 Å². The van der Waals surface area contributed by atoms with Crippen LogP contribution in [0.25, 0.3) is 0 Å². The van der Waals surface area contributed by atoms with E-state index in [1.54, 1.807) is 0 Å². The first-order valence-electron chi connectivity index (χ1n) is 6.17. The average Bonchev–Trinajstić information content (AvgIpc) is 2.13. The number of rotatable bonds is 4. The summed E-state index contributed by atoms with van der Waals surface area (Å²) in [5.74, 6) is 0.697. The lowest BCUT2D eigenvalue weighted by Crippen LogP contribution is -2.24. The van der Waals surface area contributed by atoms with Gasteiger partial charge in [-0.2, -0.15) is 0 Å². The fourth-order valence-corrected chi connectivity index (χ4v) is 1.44. The first-order chi connectivity index (χ1) is 7.78. The zero-order valence-electron chi connectivity index (χ0n) is 11.8. The van der Waals surface area contributed by atoms with Crippen molar-refractivity contribution in [3.05, 3.63) is 23.4 Å². The molecule has 0 fully saturated rings. The van der Waals surface area contributed by atoms with Gasteiger partial charge in [-0.05, 0) is 33.3 Å². The molecular weight excluding hydrogens is 212 g/mol. The number of aromatic nitrogens is 1. The van der Waals surface area contributed by atoms with Gasteiger partial charge < -0.3 is 10.1 Å². The van der Waals surface area contributed by atoms with Crippen LogP contribution in [0.4, 0.5) is 0 Å². The van der Waals surface area contributed by atoms with Crippen molar-refractivity contribution in [3.63, 3.8) is 0 Å². The normalized spacial score (nSPS) is 11.9. The van der Waals surface area contributed by atoms with Crippen LogP contribution < -0.4 is 10.1 Å². The molecule has 0 aromatic carbocycles. The maximum Gasteiger partial charge on any atom is 0.213 e. The van der Waals surface area contributed by atoms with E-state index in [1.807, 2.05) is 33.8 Å². The van der Waals surface area contributed by atoms with Crippen molar-refractivity contribution in [3.8, 4) is 5.88 Å². The molecule has 0 aliphatic carbocycles. The smallest absolute Gasteiger partial charge is 0.213 e. The van der Waals surface area contributed by atoms with E-state index in [2.05, 4.69) is 30.2 Å². The Balaban J connectivity index is 2.72. The third-order valence-corrected chi connectivity index (χ3v) is 2.28. The fraction of sp³-hybridized carbons (Fsp3) is 0.643. The largest absolute Gasteiger partial charge is 0.472 e. The highest BCUT2D eigenvalue weighted by atomic mass is 16.5. The number of pyridine rings is 1. The molecule has 3 nitrogen and oxygen atoms in total. The quantitative estimate of drug-likeness (QED) is 0.872. The molecule has 1 aromatic rings. The van der Waals surface area contributed by atoms with Gasteiger partial charge in [0, 0.05) is 24.3 Å². The minimum atomic E-state index is -0.197. The topological polar surface area (TPSA) is 34.1 Å². The number of nitrogens with zero attached hydrogens (tertiary/aromatic N) is 1. The van der Waals surface area contributed by atoms with Crippen molar-refractivity contribution in [2.24, 2.45) is 0 Å². The minimum Gasteiger partial charge on any atom is -0.472 e. The molecule has 1 aromatic heterocycles. The second kappa shape index (κ2) is 5.50. The Labute approximate surface area is 105 Å². The molecule has 0 radical (unpaired) electrons. The van der Waals surface area contributed by atoms with Crippen molar-refractivity contribution in [1.82, 2.24) is 10.3 Å². The number of ether oxygens (including phenoxy) is 1. The summed E-state index contributed by atoms with van der Waals surface area (Å²) in [4.78, 5) is 4.47. The number of nitrogens with one attached hydrogen (secondary N) is 1. The first kappa shape index (κ1) is 14.0.